The van der Waals surface area contributed by atoms with Gasteiger partial charge in [0.05, 0.1) is 13.1 Å². The zero-order chi connectivity index (χ0) is 18.0. The largest absolute Gasteiger partial charge is 0.361 e. The minimum atomic E-state index is -0.633. The number of nitrogens with zero attached hydrogens (tertiary/aromatic N) is 2. The van der Waals surface area contributed by atoms with E-state index in [4.69, 9.17) is 4.74 Å². The highest BCUT2D eigenvalue weighted by molar-refractivity contribution is 5.95. The molecule has 0 saturated carbocycles. The van der Waals surface area contributed by atoms with Crippen molar-refractivity contribution in [3.63, 3.8) is 0 Å². The Labute approximate surface area is 145 Å². The van der Waals surface area contributed by atoms with E-state index in [-0.39, 0.29) is 43.6 Å². The fourth-order valence-corrected chi connectivity index (χ4v) is 3.34. The van der Waals surface area contributed by atoms with Crippen molar-refractivity contribution in [1.82, 2.24) is 4.90 Å². The van der Waals surface area contributed by atoms with Crippen LogP contribution in [0.1, 0.15) is 26.2 Å². The van der Waals surface area contributed by atoms with Crippen LogP contribution in [0, 0.1) is 5.82 Å². The molecule has 25 heavy (non-hydrogen) atoms. The third-order valence-electron chi connectivity index (χ3n) is 4.73. The SMILES string of the molecule is CC(=O)CCC(=O)N1CCC2(C1)CN(c1cccc(F)c1)C(=O)CO2. The first kappa shape index (κ1) is 17.5. The second-order valence-electron chi connectivity index (χ2n) is 6.70. The molecule has 1 aromatic carbocycles. The molecule has 2 saturated heterocycles. The number of ketones is 1. The summed E-state index contributed by atoms with van der Waals surface area (Å²) in [5.74, 6) is -0.722. The molecular formula is C18H21FN2O4. The average molecular weight is 348 g/mol. The molecule has 0 bridgehead atoms. The van der Waals surface area contributed by atoms with Crippen LogP contribution in [0.25, 0.3) is 0 Å². The predicted molar refractivity (Wildman–Crippen MR) is 88.5 cm³/mol. The van der Waals surface area contributed by atoms with Crippen LogP contribution < -0.4 is 4.90 Å². The number of Topliss-reactive ketones (excluding diaryl/α,β-unsaturated/α-hetero) is 1. The summed E-state index contributed by atoms with van der Waals surface area (Å²) in [7, 11) is 0. The standard InChI is InChI=1S/C18H21FN2O4/c1-13(22)5-6-16(23)20-8-7-18(11-20)12-21(17(24)10-25-18)15-4-2-3-14(19)9-15/h2-4,9H,5-8,10-12H2,1H3. The van der Waals surface area contributed by atoms with Gasteiger partial charge in [-0.05, 0) is 31.5 Å². The number of carbonyl (C=O) groups is 3. The van der Waals surface area contributed by atoms with Gasteiger partial charge in [0.2, 0.25) is 5.91 Å². The van der Waals surface area contributed by atoms with E-state index >= 15 is 0 Å². The molecule has 1 unspecified atom stereocenters. The van der Waals surface area contributed by atoms with Crippen LogP contribution in [-0.4, -0.2) is 54.3 Å². The summed E-state index contributed by atoms with van der Waals surface area (Å²) in [5.41, 5.74) is -0.138. The van der Waals surface area contributed by atoms with E-state index in [1.807, 2.05) is 0 Å². The minimum Gasteiger partial charge on any atom is -0.361 e. The summed E-state index contributed by atoms with van der Waals surface area (Å²) < 4.78 is 19.3. The van der Waals surface area contributed by atoms with Crippen LogP contribution in [0.2, 0.25) is 0 Å². The molecule has 2 aliphatic rings. The van der Waals surface area contributed by atoms with Gasteiger partial charge in [0.1, 0.15) is 23.8 Å². The normalized spacial score (nSPS) is 23.4. The molecule has 2 aliphatic heterocycles. The zero-order valence-corrected chi connectivity index (χ0v) is 14.2. The lowest BCUT2D eigenvalue weighted by atomic mass is 10.00. The Kier molecular flexibility index (Phi) is 4.85. The Bertz CT molecular complexity index is 708. The number of rotatable bonds is 4. The molecule has 7 heteroatoms. The smallest absolute Gasteiger partial charge is 0.253 e. The van der Waals surface area contributed by atoms with E-state index in [1.54, 1.807) is 17.0 Å². The van der Waals surface area contributed by atoms with Crippen LogP contribution >= 0.6 is 0 Å². The van der Waals surface area contributed by atoms with E-state index < -0.39 is 11.4 Å². The van der Waals surface area contributed by atoms with Gasteiger partial charge in [-0.25, -0.2) is 4.39 Å². The van der Waals surface area contributed by atoms with Crippen molar-refractivity contribution in [3.05, 3.63) is 30.1 Å². The first-order chi connectivity index (χ1) is 11.9. The van der Waals surface area contributed by atoms with E-state index in [0.29, 0.717) is 25.2 Å². The van der Waals surface area contributed by atoms with E-state index in [9.17, 15) is 18.8 Å². The number of carbonyl (C=O) groups excluding carboxylic acids is 3. The number of halogens is 1. The van der Waals surface area contributed by atoms with Gasteiger partial charge >= 0.3 is 0 Å². The molecular weight excluding hydrogens is 327 g/mol. The monoisotopic (exact) mass is 348 g/mol. The Morgan fingerprint density at radius 3 is 2.80 bits per heavy atom. The molecule has 0 aromatic heterocycles. The van der Waals surface area contributed by atoms with Crippen molar-refractivity contribution in [2.24, 2.45) is 0 Å². The number of likely N-dealkylation sites (tertiary alicyclic amines) is 1. The minimum absolute atomic E-state index is 0.0148. The topological polar surface area (TPSA) is 66.9 Å². The van der Waals surface area contributed by atoms with Gasteiger partial charge < -0.3 is 19.3 Å². The summed E-state index contributed by atoms with van der Waals surface area (Å²) in [6.45, 7) is 2.56. The summed E-state index contributed by atoms with van der Waals surface area (Å²) in [6, 6.07) is 5.90. The lowest BCUT2D eigenvalue weighted by Crippen LogP contribution is -2.56. The molecule has 3 rings (SSSR count). The molecule has 0 aliphatic carbocycles. The van der Waals surface area contributed by atoms with Gasteiger partial charge in [0.15, 0.2) is 0 Å². The molecule has 1 aromatic rings. The molecule has 1 atom stereocenters. The number of benzene rings is 1. The molecule has 6 nitrogen and oxygen atoms in total. The maximum Gasteiger partial charge on any atom is 0.253 e. The third-order valence-corrected chi connectivity index (χ3v) is 4.73. The molecule has 2 fully saturated rings. The summed E-state index contributed by atoms with van der Waals surface area (Å²) in [6.07, 6.45) is 1.03. The molecule has 0 radical (unpaired) electrons. The van der Waals surface area contributed by atoms with Crippen molar-refractivity contribution in [1.29, 1.82) is 0 Å². The fraction of sp³-hybridized carbons (Fsp3) is 0.500. The number of amides is 2. The second-order valence-corrected chi connectivity index (χ2v) is 6.70. The quantitative estimate of drug-likeness (QED) is 0.828. The molecule has 2 heterocycles. The average Bonchev–Trinajstić information content (AvgIpc) is 2.99. The Morgan fingerprint density at radius 1 is 1.28 bits per heavy atom. The van der Waals surface area contributed by atoms with Crippen LogP contribution in [0.5, 0.6) is 0 Å². The lowest BCUT2D eigenvalue weighted by molar-refractivity contribution is -0.139. The molecule has 2 amide bonds. The number of hydrogen-bond donors (Lipinski definition) is 0. The van der Waals surface area contributed by atoms with Crippen LogP contribution in [0.4, 0.5) is 10.1 Å². The first-order valence-corrected chi connectivity index (χ1v) is 8.36. The third kappa shape index (κ3) is 3.87. The maximum absolute atomic E-state index is 13.5. The predicted octanol–water partition coefficient (Wildman–Crippen LogP) is 1.53. The second kappa shape index (κ2) is 6.92. The van der Waals surface area contributed by atoms with Crippen LogP contribution in [0.3, 0.4) is 0 Å². The first-order valence-electron chi connectivity index (χ1n) is 8.36. The van der Waals surface area contributed by atoms with Gasteiger partial charge in [-0.15, -0.1) is 0 Å². The fourth-order valence-electron chi connectivity index (χ4n) is 3.34. The van der Waals surface area contributed by atoms with Gasteiger partial charge in [-0.1, -0.05) is 6.07 Å². The lowest BCUT2D eigenvalue weighted by Gasteiger charge is -2.40. The van der Waals surface area contributed by atoms with E-state index in [0.717, 1.165) is 0 Å². The highest BCUT2D eigenvalue weighted by Gasteiger charge is 2.46. The molecule has 0 N–H and O–H groups in total. The van der Waals surface area contributed by atoms with Gasteiger partial charge in [0, 0.05) is 25.1 Å². The number of ether oxygens (including phenoxy) is 1. The van der Waals surface area contributed by atoms with Crippen LogP contribution in [0.15, 0.2) is 24.3 Å². The Hall–Kier alpha value is -2.28. The van der Waals surface area contributed by atoms with E-state index in [2.05, 4.69) is 0 Å². The highest BCUT2D eigenvalue weighted by atomic mass is 19.1. The highest BCUT2D eigenvalue weighted by Crippen LogP contribution is 2.32. The van der Waals surface area contributed by atoms with Crippen molar-refractivity contribution >= 4 is 23.3 Å². The number of anilines is 1. The summed E-state index contributed by atoms with van der Waals surface area (Å²) >= 11 is 0. The number of morpholine rings is 1. The summed E-state index contributed by atoms with van der Waals surface area (Å²) in [4.78, 5) is 38.7. The molecule has 1 spiro atoms. The van der Waals surface area contributed by atoms with Gasteiger partial charge in [0.25, 0.3) is 5.91 Å². The zero-order valence-electron chi connectivity index (χ0n) is 14.2. The van der Waals surface area contributed by atoms with Crippen molar-refractivity contribution in [2.45, 2.75) is 31.8 Å². The molecule has 134 valence electrons. The van der Waals surface area contributed by atoms with Crippen molar-refractivity contribution in [3.8, 4) is 0 Å². The summed E-state index contributed by atoms with van der Waals surface area (Å²) in [5, 5.41) is 0. The van der Waals surface area contributed by atoms with Crippen molar-refractivity contribution in [2.75, 3.05) is 31.1 Å². The van der Waals surface area contributed by atoms with Gasteiger partial charge in [-0.2, -0.15) is 0 Å². The Morgan fingerprint density at radius 2 is 2.08 bits per heavy atom. The maximum atomic E-state index is 13.5. The number of hydrogen-bond acceptors (Lipinski definition) is 4. The van der Waals surface area contributed by atoms with Gasteiger partial charge in [-0.3, -0.25) is 9.59 Å². The van der Waals surface area contributed by atoms with Crippen molar-refractivity contribution < 1.29 is 23.5 Å². The van der Waals surface area contributed by atoms with Crippen LogP contribution in [-0.2, 0) is 19.1 Å². The Balaban J connectivity index is 1.70. The van der Waals surface area contributed by atoms with E-state index in [1.165, 1.54) is 24.0 Å².